The van der Waals surface area contributed by atoms with Gasteiger partial charge in [0.2, 0.25) is 0 Å². The molecule has 6 nitrogen and oxygen atoms in total. The summed E-state index contributed by atoms with van der Waals surface area (Å²) < 4.78 is 11.0. The SMILES string of the molecule is O[C@@H]1C[C@H]2CN(c3nccc4occc34)C[C@H]2C[C@H]1N1CCOCC1. The van der Waals surface area contributed by atoms with Gasteiger partial charge < -0.3 is 19.2 Å². The van der Waals surface area contributed by atoms with Crippen LogP contribution in [0.15, 0.2) is 29.0 Å². The number of aliphatic hydroxyl groups excluding tert-OH is 1. The van der Waals surface area contributed by atoms with Crippen LogP contribution in [0.25, 0.3) is 11.0 Å². The predicted octanol–water partition coefficient (Wildman–Crippen LogP) is 1.74. The minimum Gasteiger partial charge on any atom is -0.464 e. The quantitative estimate of drug-likeness (QED) is 0.896. The van der Waals surface area contributed by atoms with Gasteiger partial charge in [-0.1, -0.05) is 0 Å². The molecule has 1 N–H and O–H groups in total. The summed E-state index contributed by atoms with van der Waals surface area (Å²) in [5.74, 6) is 2.20. The summed E-state index contributed by atoms with van der Waals surface area (Å²) >= 11 is 0. The van der Waals surface area contributed by atoms with E-state index in [4.69, 9.17) is 9.15 Å². The highest BCUT2D eigenvalue weighted by molar-refractivity contribution is 5.88. The second kappa shape index (κ2) is 6.27. The van der Waals surface area contributed by atoms with Crippen molar-refractivity contribution in [3.63, 3.8) is 0 Å². The maximum Gasteiger partial charge on any atom is 0.139 e. The summed E-state index contributed by atoms with van der Waals surface area (Å²) in [5, 5.41) is 11.8. The zero-order valence-corrected chi connectivity index (χ0v) is 14.4. The Kier molecular flexibility index (Phi) is 3.91. The van der Waals surface area contributed by atoms with Crippen LogP contribution >= 0.6 is 0 Å². The average Bonchev–Trinajstić information content (AvgIpc) is 3.27. The molecule has 2 aromatic rings. The first kappa shape index (κ1) is 15.6. The maximum absolute atomic E-state index is 10.7. The van der Waals surface area contributed by atoms with Gasteiger partial charge in [-0.2, -0.15) is 0 Å². The smallest absolute Gasteiger partial charge is 0.139 e. The van der Waals surface area contributed by atoms with Crippen LogP contribution in [0.1, 0.15) is 12.8 Å². The first-order valence-electron chi connectivity index (χ1n) is 9.36. The van der Waals surface area contributed by atoms with Gasteiger partial charge in [-0.25, -0.2) is 4.98 Å². The molecule has 2 aliphatic heterocycles. The van der Waals surface area contributed by atoms with E-state index in [9.17, 15) is 5.11 Å². The first-order chi connectivity index (χ1) is 12.3. The molecule has 3 aliphatic rings. The Morgan fingerprint density at radius 3 is 2.72 bits per heavy atom. The summed E-state index contributed by atoms with van der Waals surface area (Å²) in [6.07, 6.45) is 5.30. The third-order valence-corrected chi connectivity index (χ3v) is 6.28. The molecule has 5 rings (SSSR count). The zero-order valence-electron chi connectivity index (χ0n) is 14.4. The standard InChI is InChI=1S/C19H25N3O3/c23-17-10-14-12-22(19-15-2-6-25-18(15)1-3-20-19)11-13(14)9-16(17)21-4-7-24-8-5-21/h1-3,6,13-14,16-17,23H,4-5,7-12H2/t13-,14+,16-,17-/m1/s1. The molecular weight excluding hydrogens is 318 g/mol. The molecular formula is C19H25N3O3. The molecule has 1 saturated carbocycles. The van der Waals surface area contributed by atoms with Gasteiger partial charge in [0.25, 0.3) is 0 Å². The van der Waals surface area contributed by atoms with Gasteiger partial charge in [-0.15, -0.1) is 0 Å². The molecule has 2 aromatic heterocycles. The lowest BCUT2D eigenvalue weighted by molar-refractivity contribution is -0.0520. The molecule has 1 aliphatic carbocycles. The van der Waals surface area contributed by atoms with Crippen molar-refractivity contribution in [3.05, 3.63) is 24.6 Å². The molecule has 6 heteroatoms. The number of hydrogen-bond acceptors (Lipinski definition) is 6. The van der Waals surface area contributed by atoms with Crippen molar-refractivity contribution in [3.8, 4) is 0 Å². The predicted molar refractivity (Wildman–Crippen MR) is 94.6 cm³/mol. The van der Waals surface area contributed by atoms with Crippen molar-refractivity contribution in [2.24, 2.45) is 11.8 Å². The molecule has 0 amide bonds. The number of aliphatic hydroxyl groups is 1. The second-order valence-electron chi connectivity index (χ2n) is 7.65. The van der Waals surface area contributed by atoms with Crippen LogP contribution in [-0.4, -0.2) is 66.5 Å². The van der Waals surface area contributed by atoms with E-state index < -0.39 is 0 Å². The van der Waals surface area contributed by atoms with Crippen molar-refractivity contribution in [1.82, 2.24) is 9.88 Å². The third kappa shape index (κ3) is 2.72. The van der Waals surface area contributed by atoms with E-state index in [1.54, 1.807) is 6.26 Å². The summed E-state index contributed by atoms with van der Waals surface area (Å²) in [5.41, 5.74) is 0.895. The first-order valence-corrected chi connectivity index (χ1v) is 9.36. The van der Waals surface area contributed by atoms with Crippen molar-refractivity contribution >= 4 is 16.8 Å². The Morgan fingerprint density at radius 1 is 1.08 bits per heavy atom. The number of nitrogens with zero attached hydrogens (tertiary/aromatic N) is 3. The Bertz CT molecular complexity index is 742. The van der Waals surface area contributed by atoms with Gasteiger partial charge in [0, 0.05) is 38.4 Å². The number of pyridine rings is 1. The van der Waals surface area contributed by atoms with E-state index in [2.05, 4.69) is 14.8 Å². The Hall–Kier alpha value is -1.63. The molecule has 0 bridgehead atoms. The van der Waals surface area contributed by atoms with E-state index in [1.807, 2.05) is 18.3 Å². The number of furan rings is 1. The van der Waals surface area contributed by atoms with Gasteiger partial charge in [-0.3, -0.25) is 4.90 Å². The van der Waals surface area contributed by atoms with Gasteiger partial charge in [-0.05, 0) is 36.8 Å². The highest BCUT2D eigenvalue weighted by Crippen LogP contribution is 2.41. The van der Waals surface area contributed by atoms with E-state index in [0.29, 0.717) is 11.8 Å². The van der Waals surface area contributed by atoms with Crippen LogP contribution in [0.5, 0.6) is 0 Å². The summed E-state index contributed by atoms with van der Waals surface area (Å²) in [6.45, 7) is 5.47. The minimum absolute atomic E-state index is 0.225. The van der Waals surface area contributed by atoms with Crippen LogP contribution in [0.3, 0.4) is 0 Å². The number of aromatic nitrogens is 1. The molecule has 0 spiro atoms. The van der Waals surface area contributed by atoms with E-state index >= 15 is 0 Å². The molecule has 3 fully saturated rings. The van der Waals surface area contributed by atoms with E-state index in [0.717, 1.165) is 69.0 Å². The van der Waals surface area contributed by atoms with Crippen molar-refractivity contribution in [2.45, 2.75) is 25.0 Å². The molecule has 2 saturated heterocycles. The van der Waals surface area contributed by atoms with Crippen molar-refractivity contribution in [2.75, 3.05) is 44.3 Å². The molecule has 0 radical (unpaired) electrons. The summed E-state index contributed by atoms with van der Waals surface area (Å²) in [6, 6.07) is 4.20. The van der Waals surface area contributed by atoms with E-state index in [1.165, 1.54) is 0 Å². The van der Waals surface area contributed by atoms with Gasteiger partial charge >= 0.3 is 0 Å². The zero-order chi connectivity index (χ0) is 16.8. The third-order valence-electron chi connectivity index (χ3n) is 6.28. The van der Waals surface area contributed by atoms with Crippen LogP contribution in [-0.2, 0) is 4.74 Å². The van der Waals surface area contributed by atoms with Gasteiger partial charge in [0.15, 0.2) is 0 Å². The average molecular weight is 343 g/mol. The largest absolute Gasteiger partial charge is 0.464 e. The maximum atomic E-state index is 10.7. The topological polar surface area (TPSA) is 62.0 Å². The fraction of sp³-hybridized carbons (Fsp3) is 0.632. The molecule has 25 heavy (non-hydrogen) atoms. The normalized spacial score (nSPS) is 33.7. The molecule has 0 unspecified atom stereocenters. The number of hydrogen-bond donors (Lipinski definition) is 1. The van der Waals surface area contributed by atoms with Gasteiger partial charge in [0.1, 0.15) is 11.4 Å². The van der Waals surface area contributed by atoms with Crippen molar-refractivity contribution in [1.29, 1.82) is 0 Å². The summed E-state index contributed by atoms with van der Waals surface area (Å²) in [4.78, 5) is 9.45. The van der Waals surface area contributed by atoms with Crippen LogP contribution < -0.4 is 4.90 Å². The highest BCUT2D eigenvalue weighted by atomic mass is 16.5. The number of anilines is 1. The lowest BCUT2D eigenvalue weighted by Gasteiger charge is -2.43. The number of ether oxygens (including phenoxy) is 1. The number of morpholine rings is 1. The molecule has 0 aromatic carbocycles. The molecule has 4 atom stereocenters. The fourth-order valence-corrected chi connectivity index (χ4v) is 5.01. The lowest BCUT2D eigenvalue weighted by Crippen LogP contribution is -2.53. The van der Waals surface area contributed by atoms with Crippen LogP contribution in [0.2, 0.25) is 0 Å². The van der Waals surface area contributed by atoms with Crippen molar-refractivity contribution < 1.29 is 14.3 Å². The summed E-state index contributed by atoms with van der Waals surface area (Å²) in [7, 11) is 0. The van der Waals surface area contributed by atoms with Crippen LogP contribution in [0, 0.1) is 11.8 Å². The Labute approximate surface area is 147 Å². The lowest BCUT2D eigenvalue weighted by atomic mass is 9.77. The van der Waals surface area contributed by atoms with Crippen LogP contribution in [0.4, 0.5) is 5.82 Å². The second-order valence-corrected chi connectivity index (χ2v) is 7.65. The Morgan fingerprint density at radius 2 is 1.88 bits per heavy atom. The fourth-order valence-electron chi connectivity index (χ4n) is 5.01. The minimum atomic E-state index is -0.225. The van der Waals surface area contributed by atoms with Gasteiger partial charge in [0.05, 0.1) is 31.0 Å². The monoisotopic (exact) mass is 343 g/mol. The molecule has 134 valence electrons. The number of rotatable bonds is 2. The highest BCUT2D eigenvalue weighted by Gasteiger charge is 2.44. The van der Waals surface area contributed by atoms with E-state index in [-0.39, 0.29) is 12.1 Å². The number of fused-ring (bicyclic) bond motifs is 2. The Balaban J connectivity index is 1.35. The molecule has 4 heterocycles.